The van der Waals surface area contributed by atoms with Gasteiger partial charge in [-0.1, -0.05) is 36.4 Å². The molecule has 3 rings (SSSR count). The molecule has 152 valence electrons. The van der Waals surface area contributed by atoms with E-state index in [-0.39, 0.29) is 24.0 Å². The second-order valence-electron chi connectivity index (χ2n) is 6.95. The van der Waals surface area contributed by atoms with Crippen LogP contribution in [0, 0.1) is 5.92 Å². The highest BCUT2D eigenvalue weighted by Crippen LogP contribution is 2.22. The maximum atomic E-state index is 5.78. The Hall–Kier alpha value is -1.96. The van der Waals surface area contributed by atoms with Crippen LogP contribution in [0.1, 0.15) is 6.42 Å². The molecule has 28 heavy (non-hydrogen) atoms. The molecule has 1 aliphatic heterocycles. The first kappa shape index (κ1) is 22.3. The van der Waals surface area contributed by atoms with E-state index < -0.39 is 0 Å². The summed E-state index contributed by atoms with van der Waals surface area (Å²) >= 11 is 0. The van der Waals surface area contributed by atoms with E-state index in [1.165, 1.54) is 12.1 Å². The molecule has 0 aliphatic carbocycles. The summed E-state index contributed by atoms with van der Waals surface area (Å²) in [5, 5.41) is 3.53. The molecular weight excluding hydrogens is 463 g/mol. The average Bonchev–Trinajstić information content (AvgIpc) is 3.19. The summed E-state index contributed by atoms with van der Waals surface area (Å²) < 4.78 is 5.78. The van der Waals surface area contributed by atoms with Gasteiger partial charge in [-0.3, -0.25) is 4.99 Å². The predicted octanol–water partition coefficient (Wildman–Crippen LogP) is 3.72. The van der Waals surface area contributed by atoms with Crippen molar-refractivity contribution in [1.29, 1.82) is 0 Å². The van der Waals surface area contributed by atoms with Crippen LogP contribution < -0.4 is 15.0 Å². The van der Waals surface area contributed by atoms with Crippen LogP contribution in [-0.2, 0) is 0 Å². The number of benzene rings is 2. The van der Waals surface area contributed by atoms with E-state index in [2.05, 4.69) is 57.5 Å². The standard InChI is InChI=1S/C22H30N4O.HI/c1-23-22(25(2)15-16-27-21-11-7-4-8-12-21)24-17-19-13-14-26(18-19)20-9-5-3-6-10-20;/h3-12,19H,13-18H2,1-2H3,(H,23,24);1H. The summed E-state index contributed by atoms with van der Waals surface area (Å²) in [6.07, 6.45) is 1.21. The zero-order valence-electron chi connectivity index (χ0n) is 16.8. The van der Waals surface area contributed by atoms with Crippen LogP contribution in [-0.4, -0.2) is 57.7 Å². The van der Waals surface area contributed by atoms with Crippen LogP contribution >= 0.6 is 24.0 Å². The van der Waals surface area contributed by atoms with Crippen molar-refractivity contribution in [2.45, 2.75) is 6.42 Å². The minimum Gasteiger partial charge on any atom is -0.492 e. The Morgan fingerprint density at radius 1 is 1.14 bits per heavy atom. The van der Waals surface area contributed by atoms with E-state index in [9.17, 15) is 0 Å². The van der Waals surface area contributed by atoms with Crippen LogP contribution in [0.15, 0.2) is 65.7 Å². The van der Waals surface area contributed by atoms with Crippen molar-refractivity contribution in [3.05, 3.63) is 60.7 Å². The van der Waals surface area contributed by atoms with Gasteiger partial charge in [-0.15, -0.1) is 24.0 Å². The van der Waals surface area contributed by atoms with Crippen LogP contribution in [0.3, 0.4) is 0 Å². The van der Waals surface area contributed by atoms with Gasteiger partial charge in [0.15, 0.2) is 5.96 Å². The number of aliphatic imine (C=N–C) groups is 1. The number of hydrogen-bond donors (Lipinski definition) is 1. The molecule has 0 radical (unpaired) electrons. The van der Waals surface area contributed by atoms with E-state index in [0.29, 0.717) is 12.5 Å². The Morgan fingerprint density at radius 3 is 2.50 bits per heavy atom. The van der Waals surface area contributed by atoms with Gasteiger partial charge in [0.1, 0.15) is 12.4 Å². The molecule has 1 atom stereocenters. The van der Waals surface area contributed by atoms with Gasteiger partial charge in [0.2, 0.25) is 0 Å². The Morgan fingerprint density at radius 2 is 1.82 bits per heavy atom. The summed E-state index contributed by atoms with van der Waals surface area (Å²) in [7, 11) is 3.89. The first-order valence-corrected chi connectivity index (χ1v) is 9.66. The smallest absolute Gasteiger partial charge is 0.193 e. The molecule has 0 amide bonds. The van der Waals surface area contributed by atoms with Gasteiger partial charge in [-0.2, -0.15) is 0 Å². The third-order valence-electron chi connectivity index (χ3n) is 4.97. The number of ether oxygens (including phenoxy) is 1. The van der Waals surface area contributed by atoms with E-state index in [4.69, 9.17) is 4.74 Å². The Balaban J connectivity index is 0.00000280. The van der Waals surface area contributed by atoms with Crippen LogP contribution in [0.25, 0.3) is 0 Å². The van der Waals surface area contributed by atoms with Crippen molar-refractivity contribution < 1.29 is 4.74 Å². The SMILES string of the molecule is CN=C(NCC1CCN(c2ccccc2)C1)N(C)CCOc1ccccc1.I. The first-order valence-electron chi connectivity index (χ1n) is 9.66. The number of guanidine groups is 1. The normalized spacial score (nSPS) is 16.4. The molecule has 0 saturated carbocycles. The quantitative estimate of drug-likeness (QED) is 0.362. The number of rotatable bonds is 7. The monoisotopic (exact) mass is 494 g/mol. The summed E-state index contributed by atoms with van der Waals surface area (Å²) in [5.74, 6) is 2.46. The molecule has 1 saturated heterocycles. The van der Waals surface area contributed by atoms with Gasteiger partial charge in [0.25, 0.3) is 0 Å². The van der Waals surface area contributed by atoms with Gasteiger partial charge in [-0.25, -0.2) is 0 Å². The Bertz CT molecular complexity index is 711. The lowest BCUT2D eigenvalue weighted by atomic mass is 10.1. The molecule has 6 heteroatoms. The van der Waals surface area contributed by atoms with Gasteiger partial charge in [0, 0.05) is 39.4 Å². The molecule has 1 N–H and O–H groups in total. The van der Waals surface area contributed by atoms with Crippen LogP contribution in [0.2, 0.25) is 0 Å². The Labute approximate surface area is 185 Å². The fraction of sp³-hybridized carbons (Fsp3) is 0.409. The number of nitrogens with one attached hydrogen (secondary N) is 1. The third-order valence-corrected chi connectivity index (χ3v) is 4.97. The molecule has 1 fully saturated rings. The van der Waals surface area contributed by atoms with Crippen LogP contribution in [0.4, 0.5) is 5.69 Å². The number of halogens is 1. The van der Waals surface area contributed by atoms with Crippen molar-refractivity contribution in [3.8, 4) is 5.75 Å². The maximum Gasteiger partial charge on any atom is 0.193 e. The topological polar surface area (TPSA) is 40.1 Å². The summed E-state index contributed by atoms with van der Waals surface area (Å²) in [4.78, 5) is 9.00. The second-order valence-corrected chi connectivity index (χ2v) is 6.95. The molecular formula is C22H31IN4O. The fourth-order valence-corrected chi connectivity index (χ4v) is 3.42. The third kappa shape index (κ3) is 6.58. The molecule has 1 unspecified atom stereocenters. The lowest BCUT2D eigenvalue weighted by Gasteiger charge is -2.24. The summed E-state index contributed by atoms with van der Waals surface area (Å²) in [6.45, 7) is 4.58. The van der Waals surface area contributed by atoms with E-state index in [0.717, 1.165) is 37.9 Å². The van der Waals surface area contributed by atoms with Crippen molar-refractivity contribution in [2.24, 2.45) is 10.9 Å². The lowest BCUT2D eigenvalue weighted by molar-refractivity contribution is 0.281. The minimum absolute atomic E-state index is 0. The van der Waals surface area contributed by atoms with Crippen molar-refractivity contribution in [3.63, 3.8) is 0 Å². The fourth-order valence-electron chi connectivity index (χ4n) is 3.42. The minimum atomic E-state index is 0. The van der Waals surface area contributed by atoms with Crippen molar-refractivity contribution in [1.82, 2.24) is 10.2 Å². The average molecular weight is 494 g/mol. The lowest BCUT2D eigenvalue weighted by Crippen LogP contribution is -2.43. The molecule has 2 aromatic carbocycles. The van der Waals surface area contributed by atoms with E-state index in [1.54, 1.807) is 0 Å². The number of hydrogen-bond acceptors (Lipinski definition) is 3. The molecule has 0 bridgehead atoms. The molecule has 5 nitrogen and oxygen atoms in total. The van der Waals surface area contributed by atoms with Gasteiger partial charge in [0.05, 0.1) is 6.54 Å². The highest BCUT2D eigenvalue weighted by atomic mass is 127. The first-order chi connectivity index (χ1) is 13.3. The Kier molecular flexibility index (Phi) is 9.40. The summed E-state index contributed by atoms with van der Waals surface area (Å²) in [5.41, 5.74) is 1.32. The predicted molar refractivity (Wildman–Crippen MR) is 128 cm³/mol. The van der Waals surface area contributed by atoms with E-state index in [1.807, 2.05) is 37.4 Å². The highest BCUT2D eigenvalue weighted by Gasteiger charge is 2.23. The maximum absolute atomic E-state index is 5.78. The van der Waals surface area contributed by atoms with Crippen LogP contribution in [0.5, 0.6) is 5.75 Å². The largest absolute Gasteiger partial charge is 0.492 e. The summed E-state index contributed by atoms with van der Waals surface area (Å²) in [6, 6.07) is 20.6. The number of anilines is 1. The molecule has 2 aromatic rings. The molecule has 0 spiro atoms. The molecule has 1 heterocycles. The zero-order valence-corrected chi connectivity index (χ0v) is 19.1. The second kappa shape index (κ2) is 11.8. The number of nitrogens with zero attached hydrogens (tertiary/aromatic N) is 3. The molecule has 1 aliphatic rings. The van der Waals surface area contributed by atoms with Crippen molar-refractivity contribution >= 4 is 35.6 Å². The number of para-hydroxylation sites is 2. The van der Waals surface area contributed by atoms with Gasteiger partial charge < -0.3 is 19.9 Å². The highest BCUT2D eigenvalue weighted by molar-refractivity contribution is 14.0. The van der Waals surface area contributed by atoms with Crippen molar-refractivity contribution in [2.75, 3.05) is 51.8 Å². The zero-order chi connectivity index (χ0) is 18.9. The molecule has 0 aromatic heterocycles. The van der Waals surface area contributed by atoms with E-state index >= 15 is 0 Å². The van der Waals surface area contributed by atoms with Gasteiger partial charge in [-0.05, 0) is 36.6 Å². The number of likely N-dealkylation sites (N-methyl/N-ethyl adjacent to an activating group) is 1. The van der Waals surface area contributed by atoms with Gasteiger partial charge >= 0.3 is 0 Å².